The summed E-state index contributed by atoms with van der Waals surface area (Å²) in [6.07, 6.45) is 13.2. The Balaban J connectivity index is 1.16. The second-order valence-electron chi connectivity index (χ2n) is 25.6. The Morgan fingerprint density at radius 2 is 1.49 bits per heavy atom. The van der Waals surface area contributed by atoms with E-state index in [0.717, 1.165) is 72.4 Å². The molecule has 0 spiro atoms. The van der Waals surface area contributed by atoms with Gasteiger partial charge >= 0.3 is 5.97 Å². The first kappa shape index (κ1) is 65.5. The molecule has 0 N–H and O–H groups in total. The molecule has 81 heavy (non-hydrogen) atoms. The van der Waals surface area contributed by atoms with Gasteiger partial charge < -0.3 is 50.5 Å². The van der Waals surface area contributed by atoms with Gasteiger partial charge in [-0.25, -0.2) is 14.8 Å². The fraction of sp³-hybridized carbons (Fsp3) is 0.766. The second kappa shape index (κ2) is 28.9. The molecule has 0 radical (unpaired) electrons. The summed E-state index contributed by atoms with van der Waals surface area (Å²) in [4.78, 5) is 23.9. The van der Waals surface area contributed by atoms with Crippen LogP contribution in [0.2, 0.25) is 52.9 Å². The van der Waals surface area contributed by atoms with Crippen LogP contribution in [0.1, 0.15) is 191 Å². The van der Waals surface area contributed by atoms with E-state index >= 15 is 0 Å². The van der Waals surface area contributed by atoms with E-state index in [1.54, 1.807) is 19.6 Å². The molecule has 5 aliphatic rings. The number of carbonyl (C=O) groups is 1. The van der Waals surface area contributed by atoms with Crippen molar-refractivity contribution < 1.29 is 55.3 Å². The molecule has 0 amide bonds. The Bertz CT molecular complexity index is 2430. The summed E-state index contributed by atoms with van der Waals surface area (Å²) in [5, 5.41) is 0. The molecule has 2 aromatic rings. The van der Waals surface area contributed by atoms with E-state index < -0.39 is 48.9 Å². The molecule has 0 saturated carbocycles. The fourth-order valence-corrected chi connectivity index (χ4v) is 25.8. The van der Waals surface area contributed by atoms with Gasteiger partial charge in [-0.2, -0.15) is 0 Å². The molecule has 14 nitrogen and oxygen atoms in total. The minimum Gasteiger partial charge on any atom is -0.452 e. The lowest BCUT2D eigenvalue weighted by Gasteiger charge is -2.48. The third kappa shape index (κ3) is 15.9. The van der Waals surface area contributed by atoms with Crippen molar-refractivity contribution in [1.29, 1.82) is 0 Å². The van der Waals surface area contributed by atoms with Crippen molar-refractivity contribution in [1.82, 2.24) is 9.97 Å². The first-order chi connectivity index (χ1) is 38.6. The maximum Gasteiger partial charge on any atom is 0.384 e. The molecule has 2 aromatic heterocycles. The molecule has 7 rings (SSSR count). The highest BCUT2D eigenvalue weighted by Gasteiger charge is 2.51. The Labute approximate surface area is 490 Å². The number of esters is 1. The lowest BCUT2D eigenvalue weighted by Crippen LogP contribution is -2.57. The summed E-state index contributed by atoms with van der Waals surface area (Å²) in [7, 11) is -4.54. The molecule has 0 aromatic carbocycles. The first-order valence-electron chi connectivity index (χ1n) is 31.4. The van der Waals surface area contributed by atoms with E-state index in [9.17, 15) is 4.79 Å². The number of aromatic nitrogens is 2. The number of hydrogen-bond donors (Lipinski definition) is 0. The van der Waals surface area contributed by atoms with Crippen LogP contribution in [0.3, 0.4) is 0 Å². The van der Waals surface area contributed by atoms with E-state index in [4.69, 9.17) is 60.5 Å². The van der Waals surface area contributed by atoms with Gasteiger partial charge in [0, 0.05) is 57.0 Å². The highest BCUT2D eigenvalue weighted by atomic mass is 28.4. The molecule has 4 fully saturated rings. The molecule has 4 saturated heterocycles. The highest BCUT2D eigenvalue weighted by Crippen LogP contribution is 2.47. The van der Waals surface area contributed by atoms with E-state index in [1.807, 2.05) is 25.2 Å². The maximum atomic E-state index is 13.8. The third-order valence-corrected chi connectivity index (χ3v) is 35.0. The van der Waals surface area contributed by atoms with Crippen molar-refractivity contribution >= 4 is 43.1 Å². The van der Waals surface area contributed by atoms with Crippen LogP contribution in [0, 0.1) is 23.7 Å². The lowest BCUT2D eigenvalue weighted by atomic mass is 9.79. The Morgan fingerprint density at radius 1 is 0.815 bits per heavy atom. The average molecular weight is 1180 g/mol. The zero-order valence-corrected chi connectivity index (χ0v) is 55.6. The summed E-state index contributed by atoms with van der Waals surface area (Å²) in [5.74, 6) is 5.05. The molecular formula is C64H104N2O12Si3. The summed E-state index contributed by atoms with van der Waals surface area (Å²) < 4.78 is 74.7. The molecule has 8 bridgehead atoms. The van der Waals surface area contributed by atoms with Crippen molar-refractivity contribution in [2.75, 3.05) is 13.7 Å². The minimum atomic E-state index is -2.22. The van der Waals surface area contributed by atoms with Crippen molar-refractivity contribution in [3.05, 3.63) is 59.5 Å². The lowest BCUT2D eigenvalue weighted by molar-refractivity contribution is -0.269. The van der Waals surface area contributed by atoms with Crippen molar-refractivity contribution in [2.24, 2.45) is 11.8 Å². The molecular weight excluding hydrogens is 1070 g/mol. The van der Waals surface area contributed by atoms with E-state index in [1.165, 1.54) is 0 Å². The Hall–Kier alpha value is -3.00. The fourth-order valence-electron chi connectivity index (χ4n) is 14.6. The normalized spacial score (nSPS) is 31.6. The standard InChI is InChI=1S/C64H104N2O12Si3/c1-18-79(19-2,20-3)71-40-55-35-54(68-17)37-64(76-55,78-80(21-4,22-5)23-6)38-60-65-49(39-69-60)32-46(14)62-48(16)63-47(15)57(74-62)27-25-28-59-66-56(41-70-59)58-36-53(77-81(42(7)8,43(9)10)44(11)12)34-52(73-58)33-51-31-45(13)30-50(72-51)26-24-29-61(67)75-63/h25,28,32,39,41-44,47-48,50-55,57-58,62-63H,13,18-23,26-27,30-31,33-38,40H2,1-12,14-17H3/b28-25+,46-32+/t47-,48+,50+,51-,52-,53+,54-,55-,57-,58-,62+,63+,64-/m1/s1. The zero-order chi connectivity index (χ0) is 58.9. The van der Waals surface area contributed by atoms with Gasteiger partial charge in [0.15, 0.2) is 28.3 Å². The Kier molecular flexibility index (Phi) is 23.4. The summed E-state index contributed by atoms with van der Waals surface area (Å²) in [6.45, 7) is 38.7. The largest absolute Gasteiger partial charge is 0.452 e. The first-order valence-corrected chi connectivity index (χ1v) is 38.6. The number of methoxy groups -OCH3 is 1. The highest BCUT2D eigenvalue weighted by molar-refractivity contribution is 6.77. The maximum absolute atomic E-state index is 13.8. The van der Waals surface area contributed by atoms with Crippen LogP contribution in [-0.2, 0) is 52.9 Å². The van der Waals surface area contributed by atoms with Gasteiger partial charge in [-0.05, 0) is 103 Å². The monoisotopic (exact) mass is 1180 g/mol. The van der Waals surface area contributed by atoms with Gasteiger partial charge in [0.05, 0.1) is 61.9 Å². The quantitative estimate of drug-likeness (QED) is 0.0383. The van der Waals surface area contributed by atoms with Gasteiger partial charge in [0.2, 0.25) is 14.2 Å². The van der Waals surface area contributed by atoms with E-state index in [2.05, 4.69) is 115 Å². The second-order valence-corrected chi connectivity index (χ2v) is 40.4. The van der Waals surface area contributed by atoms with Crippen molar-refractivity contribution in [2.45, 2.75) is 288 Å². The minimum absolute atomic E-state index is 0.00432. The average Bonchev–Trinajstić information content (AvgIpc) is 4.30. The molecule has 17 heteroatoms. The summed E-state index contributed by atoms with van der Waals surface area (Å²) in [5.41, 5.74) is 4.79. The SMILES string of the molecule is C=C1C[C@@H]2C[C@@H]3C[C@H](O[Si](C(C)C)(C(C)C)C(C)C)C[C@@H](O3)c3coc(n3)/C=C/C[C@H]3O[C@@H](/C(C)=C/c4coc(C[C@]5(O[Si](CC)(CC)CC)C[C@H](OC)C[C@H](CO[Si](CC)(CC)CC)O5)n4)[C@H](C)[C@@H](OC(=O)C#CC[C@@H](C1)O2)[C@@H]3C. The van der Waals surface area contributed by atoms with Crippen molar-refractivity contribution in [3.63, 3.8) is 0 Å². The number of oxazole rings is 2. The third-order valence-electron chi connectivity index (χ3n) is 19.5. The smallest absolute Gasteiger partial charge is 0.384 e. The predicted octanol–water partition coefficient (Wildman–Crippen LogP) is 15.3. The predicted molar refractivity (Wildman–Crippen MR) is 327 cm³/mol. The molecule has 13 atom stereocenters. The van der Waals surface area contributed by atoms with Crippen LogP contribution in [0.15, 0.2) is 45.2 Å². The van der Waals surface area contributed by atoms with E-state index in [-0.39, 0.29) is 60.7 Å². The zero-order valence-electron chi connectivity index (χ0n) is 52.6. The number of fused-ring (bicyclic) bond motifs is 9. The van der Waals surface area contributed by atoms with Gasteiger partial charge in [-0.3, -0.25) is 0 Å². The van der Waals surface area contributed by atoms with Gasteiger partial charge in [-0.15, -0.1) is 0 Å². The number of nitrogens with zero attached hydrogens (tertiary/aromatic N) is 2. The Morgan fingerprint density at radius 3 is 2.15 bits per heavy atom. The van der Waals surface area contributed by atoms with Crippen LogP contribution in [0.4, 0.5) is 0 Å². The summed E-state index contributed by atoms with van der Waals surface area (Å²) >= 11 is 0. The molecule has 7 heterocycles. The van der Waals surface area contributed by atoms with Crippen LogP contribution in [0.5, 0.6) is 0 Å². The molecule has 0 unspecified atom stereocenters. The molecule has 0 aliphatic carbocycles. The summed E-state index contributed by atoms with van der Waals surface area (Å²) in [6, 6.07) is 6.11. The number of carbonyl (C=O) groups excluding carboxylic acids is 1. The van der Waals surface area contributed by atoms with Crippen LogP contribution in [-0.4, -0.2) is 115 Å². The van der Waals surface area contributed by atoms with Crippen molar-refractivity contribution in [3.8, 4) is 11.8 Å². The molecule has 454 valence electrons. The van der Waals surface area contributed by atoms with Gasteiger partial charge in [-0.1, -0.05) is 121 Å². The van der Waals surface area contributed by atoms with E-state index in [0.29, 0.717) is 85.7 Å². The van der Waals surface area contributed by atoms with Gasteiger partial charge in [0.1, 0.15) is 36.1 Å². The van der Waals surface area contributed by atoms with Crippen LogP contribution in [0.25, 0.3) is 12.2 Å². The van der Waals surface area contributed by atoms with Gasteiger partial charge in [0.25, 0.3) is 0 Å². The number of ether oxygens (including phenoxy) is 6. The van der Waals surface area contributed by atoms with Crippen LogP contribution >= 0.6 is 0 Å². The number of rotatable bonds is 21. The number of hydrogen-bond acceptors (Lipinski definition) is 14. The van der Waals surface area contributed by atoms with Crippen LogP contribution < -0.4 is 0 Å². The topological polar surface area (TPSA) is 152 Å². The molecule has 5 aliphatic heterocycles.